The first-order valence-corrected chi connectivity index (χ1v) is 7.36. The first-order valence-electron chi connectivity index (χ1n) is 6.48. The molecule has 0 aromatic carbocycles. The second kappa shape index (κ2) is 4.36. The van der Waals surface area contributed by atoms with Gasteiger partial charge in [-0.3, -0.25) is 0 Å². The van der Waals surface area contributed by atoms with E-state index >= 15 is 0 Å². The van der Waals surface area contributed by atoms with E-state index in [2.05, 4.69) is 38.1 Å². The average molecular weight is 252 g/mol. The van der Waals surface area contributed by atoms with Crippen LogP contribution in [0.3, 0.4) is 0 Å². The van der Waals surface area contributed by atoms with Crippen molar-refractivity contribution in [3.8, 4) is 0 Å². The van der Waals surface area contributed by atoms with Crippen molar-refractivity contribution in [1.29, 1.82) is 0 Å². The molecular formula is C14H24N2S. The summed E-state index contributed by atoms with van der Waals surface area (Å²) in [6, 6.07) is 0. The number of hydrogen-bond donors (Lipinski definition) is 1. The van der Waals surface area contributed by atoms with Gasteiger partial charge in [0.25, 0.3) is 0 Å². The van der Waals surface area contributed by atoms with E-state index in [0.717, 1.165) is 30.9 Å². The van der Waals surface area contributed by atoms with Gasteiger partial charge in [-0.15, -0.1) is 11.3 Å². The Morgan fingerprint density at radius 1 is 1.47 bits per heavy atom. The number of hydrogen-bond acceptors (Lipinski definition) is 3. The molecule has 0 radical (unpaired) electrons. The van der Waals surface area contributed by atoms with Gasteiger partial charge in [0.2, 0.25) is 0 Å². The molecule has 2 rings (SSSR count). The summed E-state index contributed by atoms with van der Waals surface area (Å²) in [7, 11) is 0. The summed E-state index contributed by atoms with van der Waals surface area (Å²) < 4.78 is 0. The molecule has 1 aliphatic rings. The van der Waals surface area contributed by atoms with E-state index < -0.39 is 0 Å². The molecule has 0 saturated heterocycles. The van der Waals surface area contributed by atoms with Crippen LogP contribution in [0.1, 0.15) is 50.7 Å². The average Bonchev–Trinajstić information content (AvgIpc) is 2.44. The Balaban J connectivity index is 2.12. The van der Waals surface area contributed by atoms with E-state index in [-0.39, 0.29) is 5.54 Å². The van der Waals surface area contributed by atoms with Crippen molar-refractivity contribution in [3.05, 3.63) is 16.1 Å². The molecule has 2 atom stereocenters. The fourth-order valence-electron chi connectivity index (χ4n) is 3.73. The Hall–Kier alpha value is -0.410. The second-order valence-electron chi connectivity index (χ2n) is 6.78. The molecule has 1 aliphatic carbocycles. The van der Waals surface area contributed by atoms with Gasteiger partial charge in [0, 0.05) is 23.0 Å². The summed E-state index contributed by atoms with van der Waals surface area (Å²) in [6.07, 6.45) is 4.49. The first kappa shape index (κ1) is 13.0. The van der Waals surface area contributed by atoms with E-state index in [1.807, 2.05) is 0 Å². The fourth-order valence-corrected chi connectivity index (χ4v) is 4.65. The predicted molar refractivity (Wildman–Crippen MR) is 74.3 cm³/mol. The molecule has 1 fully saturated rings. The lowest BCUT2D eigenvalue weighted by Crippen LogP contribution is -2.50. The van der Waals surface area contributed by atoms with E-state index in [4.69, 9.17) is 5.73 Å². The first-order chi connectivity index (χ1) is 7.78. The molecule has 2 N–H and O–H groups in total. The summed E-state index contributed by atoms with van der Waals surface area (Å²) in [4.78, 5) is 4.56. The van der Waals surface area contributed by atoms with Gasteiger partial charge < -0.3 is 5.73 Å². The maximum atomic E-state index is 6.63. The zero-order chi connectivity index (χ0) is 12.7. The van der Waals surface area contributed by atoms with Crippen LogP contribution in [0.15, 0.2) is 5.38 Å². The smallest absolute Gasteiger partial charge is 0.0946 e. The minimum absolute atomic E-state index is 0.0501. The van der Waals surface area contributed by atoms with Gasteiger partial charge in [-0.2, -0.15) is 0 Å². The number of thiazole rings is 1. The highest BCUT2D eigenvalue weighted by Crippen LogP contribution is 2.44. The molecule has 0 bridgehead atoms. The molecule has 96 valence electrons. The number of aromatic nitrogens is 1. The van der Waals surface area contributed by atoms with E-state index in [0.29, 0.717) is 5.41 Å². The standard InChI is InChI=1S/C14H24N2S/c1-10-5-13(3,4)9-14(15,6-10)7-12-16-11(2)8-17-12/h8,10H,5-7,9,15H2,1-4H3. The minimum atomic E-state index is -0.0501. The number of nitrogens with zero attached hydrogens (tertiary/aromatic N) is 1. The van der Waals surface area contributed by atoms with Crippen molar-refractivity contribution in [2.45, 2.75) is 58.9 Å². The molecule has 2 nitrogen and oxygen atoms in total. The number of rotatable bonds is 2. The van der Waals surface area contributed by atoms with Crippen LogP contribution in [0.5, 0.6) is 0 Å². The molecule has 0 spiro atoms. The van der Waals surface area contributed by atoms with Gasteiger partial charge in [-0.1, -0.05) is 20.8 Å². The van der Waals surface area contributed by atoms with Crippen molar-refractivity contribution in [2.75, 3.05) is 0 Å². The van der Waals surface area contributed by atoms with Crippen molar-refractivity contribution < 1.29 is 0 Å². The predicted octanol–water partition coefficient (Wildman–Crippen LogP) is 3.54. The minimum Gasteiger partial charge on any atom is -0.325 e. The van der Waals surface area contributed by atoms with Crippen molar-refractivity contribution >= 4 is 11.3 Å². The molecule has 2 unspecified atom stereocenters. The van der Waals surface area contributed by atoms with E-state index in [9.17, 15) is 0 Å². The molecule has 1 aromatic rings. The molecule has 1 saturated carbocycles. The summed E-state index contributed by atoms with van der Waals surface area (Å²) in [5.74, 6) is 0.727. The second-order valence-corrected chi connectivity index (χ2v) is 7.72. The zero-order valence-corrected chi connectivity index (χ0v) is 12.2. The Kier molecular flexibility index (Phi) is 3.34. The van der Waals surface area contributed by atoms with Gasteiger partial charge in [0.15, 0.2) is 0 Å². The highest BCUT2D eigenvalue weighted by atomic mass is 32.1. The molecule has 0 aliphatic heterocycles. The van der Waals surface area contributed by atoms with Gasteiger partial charge in [-0.25, -0.2) is 4.98 Å². The third-order valence-corrected chi connectivity index (χ3v) is 4.62. The maximum Gasteiger partial charge on any atom is 0.0946 e. The number of aryl methyl sites for hydroxylation is 1. The quantitative estimate of drug-likeness (QED) is 0.874. The van der Waals surface area contributed by atoms with Gasteiger partial charge >= 0.3 is 0 Å². The fraction of sp³-hybridized carbons (Fsp3) is 0.786. The summed E-state index contributed by atoms with van der Waals surface area (Å²) in [6.45, 7) is 9.07. The third kappa shape index (κ3) is 3.29. The van der Waals surface area contributed by atoms with Crippen molar-refractivity contribution in [2.24, 2.45) is 17.1 Å². The van der Waals surface area contributed by atoms with Crippen LogP contribution in [-0.4, -0.2) is 10.5 Å². The van der Waals surface area contributed by atoms with Crippen molar-refractivity contribution in [1.82, 2.24) is 4.98 Å². The largest absolute Gasteiger partial charge is 0.325 e. The van der Waals surface area contributed by atoms with Crippen molar-refractivity contribution in [3.63, 3.8) is 0 Å². The molecule has 1 aromatic heterocycles. The number of nitrogens with two attached hydrogens (primary N) is 1. The monoisotopic (exact) mass is 252 g/mol. The lowest BCUT2D eigenvalue weighted by atomic mass is 9.64. The highest BCUT2D eigenvalue weighted by Gasteiger charge is 2.40. The Bertz CT molecular complexity index is 397. The molecule has 17 heavy (non-hydrogen) atoms. The summed E-state index contributed by atoms with van der Waals surface area (Å²) in [5, 5.41) is 3.32. The summed E-state index contributed by atoms with van der Waals surface area (Å²) in [5.41, 5.74) is 8.08. The Labute approximate surface area is 109 Å². The van der Waals surface area contributed by atoms with Gasteiger partial charge in [0.05, 0.1) is 5.01 Å². The van der Waals surface area contributed by atoms with Crippen LogP contribution in [0.4, 0.5) is 0 Å². The zero-order valence-electron chi connectivity index (χ0n) is 11.4. The summed E-state index contributed by atoms with van der Waals surface area (Å²) >= 11 is 1.75. The maximum absolute atomic E-state index is 6.63. The Morgan fingerprint density at radius 2 is 2.18 bits per heavy atom. The van der Waals surface area contributed by atoms with E-state index in [1.54, 1.807) is 11.3 Å². The molecule has 0 amide bonds. The highest BCUT2D eigenvalue weighted by molar-refractivity contribution is 7.09. The third-order valence-electron chi connectivity index (χ3n) is 3.66. The van der Waals surface area contributed by atoms with Crippen LogP contribution < -0.4 is 5.73 Å². The van der Waals surface area contributed by atoms with Crippen LogP contribution >= 0.6 is 11.3 Å². The lowest BCUT2D eigenvalue weighted by Gasteiger charge is -2.45. The van der Waals surface area contributed by atoms with Crippen LogP contribution in [-0.2, 0) is 6.42 Å². The van der Waals surface area contributed by atoms with Crippen LogP contribution in [0.25, 0.3) is 0 Å². The van der Waals surface area contributed by atoms with E-state index in [1.165, 1.54) is 11.4 Å². The molecular weight excluding hydrogens is 228 g/mol. The van der Waals surface area contributed by atoms with Gasteiger partial charge in [-0.05, 0) is 37.5 Å². The Morgan fingerprint density at radius 3 is 2.71 bits per heavy atom. The van der Waals surface area contributed by atoms with Crippen LogP contribution in [0.2, 0.25) is 0 Å². The SMILES string of the molecule is Cc1csc(CC2(N)CC(C)CC(C)(C)C2)n1. The normalized spacial score (nSPS) is 32.6. The molecule has 1 heterocycles. The topological polar surface area (TPSA) is 38.9 Å². The van der Waals surface area contributed by atoms with Crippen LogP contribution in [0, 0.1) is 18.3 Å². The van der Waals surface area contributed by atoms with Gasteiger partial charge in [0.1, 0.15) is 0 Å². The molecule has 3 heteroatoms. The lowest BCUT2D eigenvalue weighted by molar-refractivity contribution is 0.108.